The standard InChI is InChI=1S/2C10H15.2CHF3O3S.U/c2*1-6-7(2)9(4)10(5)8(6)3;2*2-1(3,4)8(5,6)7;/h2*1-5H3;2*(H,5,6,7);/p-2. The van der Waals surface area contributed by atoms with E-state index in [0.29, 0.717) is 0 Å². The summed E-state index contributed by atoms with van der Waals surface area (Å²) in [6, 6.07) is 0. The van der Waals surface area contributed by atoms with Crippen molar-refractivity contribution in [1.82, 2.24) is 0 Å². The SMILES string of the molecule is C[C]1[C](C)[C](C)[C](C)[C]1C.C[C]1[C](C)[C](C)[C](C)[C]1C.O=S(=O)([O-])C(F)(F)F.O=S(=O)([O-])C(F)(F)F.[U]. The molecule has 0 atom stereocenters. The van der Waals surface area contributed by atoms with Gasteiger partial charge in [0, 0.05) is 31.1 Å². The maximum absolute atomic E-state index is 10.7. The third kappa shape index (κ3) is 12.7. The Morgan fingerprint density at radius 3 is 0.486 bits per heavy atom. The van der Waals surface area contributed by atoms with Crippen LogP contribution in [0.4, 0.5) is 26.3 Å². The van der Waals surface area contributed by atoms with Gasteiger partial charge >= 0.3 is 11.0 Å². The van der Waals surface area contributed by atoms with Crippen molar-refractivity contribution in [1.29, 1.82) is 0 Å². The van der Waals surface area contributed by atoms with E-state index in [9.17, 15) is 26.3 Å². The first-order chi connectivity index (χ1) is 15.6. The minimum atomic E-state index is -6.09. The summed E-state index contributed by atoms with van der Waals surface area (Å²) in [7, 11) is -12.2. The van der Waals surface area contributed by atoms with Crippen LogP contribution in [-0.2, 0) is 20.2 Å². The first-order valence-electron chi connectivity index (χ1n) is 10.0. The fraction of sp³-hybridized carbons (Fsp3) is 0.545. The quantitative estimate of drug-likeness (QED) is 0.168. The number of alkyl halides is 6. The Morgan fingerprint density at radius 2 is 0.459 bits per heavy atom. The number of hydrogen-bond acceptors (Lipinski definition) is 6. The molecule has 0 aromatic rings. The Bertz CT molecular complexity index is 717. The molecule has 2 fully saturated rings. The van der Waals surface area contributed by atoms with E-state index in [-0.39, 0.29) is 31.1 Å². The molecule has 37 heavy (non-hydrogen) atoms. The summed E-state index contributed by atoms with van der Waals surface area (Å²) in [5, 5.41) is 0. The molecule has 15 heteroatoms. The van der Waals surface area contributed by atoms with E-state index in [0.717, 1.165) is 0 Å². The summed E-state index contributed by atoms with van der Waals surface area (Å²) in [5.41, 5.74) is -11.3. The molecule has 2 aliphatic carbocycles. The molecule has 0 unspecified atom stereocenters. The Morgan fingerprint density at radius 1 is 0.405 bits per heavy atom. The molecule has 0 aromatic carbocycles. The van der Waals surface area contributed by atoms with E-state index in [1.54, 1.807) is 0 Å². The summed E-state index contributed by atoms with van der Waals surface area (Å²) in [4.78, 5) is 0. The van der Waals surface area contributed by atoms with Crippen LogP contribution < -0.4 is 0 Å². The van der Waals surface area contributed by atoms with E-state index in [2.05, 4.69) is 69.2 Å². The van der Waals surface area contributed by atoms with Gasteiger partial charge in [-0.05, 0) is 59.2 Å². The molecule has 0 spiro atoms. The van der Waals surface area contributed by atoms with Gasteiger partial charge in [-0.1, -0.05) is 69.2 Å². The van der Waals surface area contributed by atoms with E-state index < -0.39 is 31.3 Å². The van der Waals surface area contributed by atoms with Gasteiger partial charge in [0.15, 0.2) is 20.2 Å². The average molecular weight is 807 g/mol. The molecule has 6 nitrogen and oxygen atoms in total. The number of rotatable bonds is 0. The van der Waals surface area contributed by atoms with Crippen LogP contribution >= 0.6 is 0 Å². The van der Waals surface area contributed by atoms with Gasteiger partial charge in [0.05, 0.1) is 0 Å². The van der Waals surface area contributed by atoms with Gasteiger partial charge in [-0.15, -0.1) is 0 Å². The van der Waals surface area contributed by atoms with Crippen molar-refractivity contribution >= 4 is 20.2 Å². The number of hydrogen-bond donors (Lipinski definition) is 0. The molecular formula is C22H30F6O6S2U-2. The van der Waals surface area contributed by atoms with Gasteiger partial charge in [0.1, 0.15) is 0 Å². The van der Waals surface area contributed by atoms with Crippen molar-refractivity contribution in [3.63, 3.8) is 0 Å². The predicted molar refractivity (Wildman–Crippen MR) is 121 cm³/mol. The van der Waals surface area contributed by atoms with E-state index in [1.165, 1.54) is 59.2 Å². The summed E-state index contributed by atoms with van der Waals surface area (Å²) >= 11 is 0. The van der Waals surface area contributed by atoms with Crippen LogP contribution in [-0.4, -0.2) is 37.0 Å². The van der Waals surface area contributed by atoms with Crippen LogP contribution in [0.25, 0.3) is 0 Å². The second kappa shape index (κ2) is 15.5. The van der Waals surface area contributed by atoms with Crippen molar-refractivity contribution in [2.75, 3.05) is 0 Å². The molecule has 0 aromatic heterocycles. The first kappa shape index (κ1) is 41.9. The van der Waals surface area contributed by atoms with E-state index >= 15 is 0 Å². The number of halogens is 6. The van der Waals surface area contributed by atoms with Crippen molar-refractivity contribution in [2.45, 2.75) is 80.3 Å². The fourth-order valence-corrected chi connectivity index (χ4v) is 2.81. The van der Waals surface area contributed by atoms with Crippen molar-refractivity contribution in [3.05, 3.63) is 59.2 Å². The van der Waals surface area contributed by atoms with Crippen LogP contribution in [0.3, 0.4) is 0 Å². The van der Waals surface area contributed by atoms with Crippen LogP contribution in [0.15, 0.2) is 0 Å². The molecule has 0 N–H and O–H groups in total. The zero-order valence-electron chi connectivity index (χ0n) is 22.0. The Hall–Kier alpha value is 0.452. The minimum Gasteiger partial charge on any atom is -0.741 e. The van der Waals surface area contributed by atoms with Gasteiger partial charge in [0.2, 0.25) is 0 Å². The van der Waals surface area contributed by atoms with Gasteiger partial charge in [-0.2, -0.15) is 26.3 Å². The first-order valence-corrected chi connectivity index (χ1v) is 12.9. The summed E-state index contributed by atoms with van der Waals surface area (Å²) < 4.78 is 118. The molecule has 214 valence electrons. The second-order valence-corrected chi connectivity index (χ2v) is 10.8. The average Bonchev–Trinajstić information content (AvgIpc) is 2.96. The molecule has 0 amide bonds. The van der Waals surface area contributed by atoms with Gasteiger partial charge in [0.25, 0.3) is 0 Å². The van der Waals surface area contributed by atoms with Crippen LogP contribution in [0.2, 0.25) is 0 Å². The van der Waals surface area contributed by atoms with E-state index in [1.807, 2.05) is 0 Å². The topological polar surface area (TPSA) is 114 Å². The Kier molecular flexibility index (Phi) is 17.5. The molecule has 0 aliphatic heterocycles. The fourth-order valence-electron chi connectivity index (χ4n) is 2.81. The van der Waals surface area contributed by atoms with Gasteiger partial charge in [-0.3, -0.25) is 0 Å². The summed E-state index contributed by atoms with van der Waals surface area (Å²) in [5.74, 6) is 14.7. The Balaban J connectivity index is -0.000000416. The third-order valence-corrected chi connectivity index (χ3v) is 7.33. The zero-order valence-corrected chi connectivity index (χ0v) is 27.8. The van der Waals surface area contributed by atoms with Gasteiger partial charge < -0.3 is 9.11 Å². The van der Waals surface area contributed by atoms with E-state index in [4.69, 9.17) is 25.9 Å². The molecule has 0 heterocycles. The predicted octanol–water partition coefficient (Wildman–Crippen LogP) is 6.05. The molecule has 0 saturated heterocycles. The molecule has 2 aliphatic rings. The monoisotopic (exact) mass is 806 g/mol. The van der Waals surface area contributed by atoms with Crippen LogP contribution in [0.5, 0.6) is 0 Å². The van der Waals surface area contributed by atoms with Crippen molar-refractivity contribution < 1.29 is 83.4 Å². The smallest absolute Gasteiger partial charge is 0.485 e. The third-order valence-electron chi connectivity index (χ3n) is 6.19. The summed E-state index contributed by atoms with van der Waals surface area (Å²) in [6.07, 6.45) is 0. The minimum absolute atomic E-state index is 0. The van der Waals surface area contributed by atoms with Crippen LogP contribution in [0, 0.1) is 90.3 Å². The molecule has 10 radical (unpaired) electrons. The summed E-state index contributed by atoms with van der Waals surface area (Å²) in [6.45, 7) is 22.0. The van der Waals surface area contributed by atoms with Crippen LogP contribution in [0.1, 0.15) is 69.2 Å². The van der Waals surface area contributed by atoms with Crippen molar-refractivity contribution in [3.8, 4) is 0 Å². The molecule has 2 rings (SSSR count). The molecule has 2 saturated carbocycles. The molecular weight excluding hydrogens is 776 g/mol. The second-order valence-electron chi connectivity index (χ2n) is 8.05. The maximum Gasteiger partial charge on any atom is 0.485 e. The normalized spacial score (nSPS) is 21.5. The molecule has 0 bridgehead atoms. The maximum atomic E-state index is 10.7. The van der Waals surface area contributed by atoms with Gasteiger partial charge in [-0.25, -0.2) is 16.8 Å². The van der Waals surface area contributed by atoms with Crippen molar-refractivity contribution in [2.24, 2.45) is 0 Å². The largest absolute Gasteiger partial charge is 0.741 e. The Labute approximate surface area is 242 Å². The zero-order chi connectivity index (χ0) is 29.8.